The molecule has 27 heavy (non-hydrogen) atoms. The number of likely N-dealkylation sites (tertiary alicyclic amines) is 1. The van der Waals surface area contributed by atoms with E-state index in [-0.39, 0.29) is 0 Å². The van der Waals surface area contributed by atoms with Crippen molar-refractivity contribution in [2.75, 3.05) is 51.3 Å². The predicted molar refractivity (Wildman–Crippen MR) is 111 cm³/mol. The van der Waals surface area contributed by atoms with Crippen molar-refractivity contribution in [1.82, 2.24) is 14.8 Å². The molecule has 4 rings (SSSR count). The predicted octanol–water partition coefficient (Wildman–Crippen LogP) is 3.08. The summed E-state index contributed by atoms with van der Waals surface area (Å²) < 4.78 is 5.45. The molecule has 2 fully saturated rings. The van der Waals surface area contributed by atoms with Crippen molar-refractivity contribution >= 4 is 16.5 Å². The maximum atomic E-state index is 5.45. The summed E-state index contributed by atoms with van der Waals surface area (Å²) in [5, 5.41) is 1.16. The summed E-state index contributed by atoms with van der Waals surface area (Å²) in [4.78, 5) is 13.5. The Labute approximate surface area is 166 Å². The molecule has 1 atom stereocenters. The fourth-order valence-electron chi connectivity index (χ4n) is 4.03. The lowest BCUT2D eigenvalue weighted by Crippen LogP contribution is -2.45. The molecule has 0 amide bonds. The monoisotopic (exact) mass is 386 g/mol. The first-order valence-corrected chi connectivity index (χ1v) is 10.8. The van der Waals surface area contributed by atoms with Gasteiger partial charge in [0.15, 0.2) is 5.13 Å². The Hall–Kier alpha value is -1.47. The minimum atomic E-state index is 0.630. The molecule has 6 heteroatoms. The molecule has 0 spiro atoms. The topological polar surface area (TPSA) is 31.8 Å². The zero-order chi connectivity index (χ0) is 18.5. The highest BCUT2D eigenvalue weighted by atomic mass is 32.1. The average Bonchev–Trinajstić information content (AvgIpc) is 3.18. The number of hydrogen-bond donors (Lipinski definition) is 0. The number of ether oxygens (including phenoxy) is 1. The van der Waals surface area contributed by atoms with E-state index in [9.17, 15) is 0 Å². The van der Waals surface area contributed by atoms with Crippen molar-refractivity contribution in [3.63, 3.8) is 0 Å². The second kappa shape index (κ2) is 9.15. The van der Waals surface area contributed by atoms with E-state index in [0.717, 1.165) is 51.1 Å². The molecule has 2 saturated heterocycles. The van der Waals surface area contributed by atoms with Crippen LogP contribution < -0.4 is 4.90 Å². The number of rotatable bonds is 6. The smallest absolute Gasteiger partial charge is 0.185 e. The second-order valence-electron chi connectivity index (χ2n) is 7.64. The summed E-state index contributed by atoms with van der Waals surface area (Å²) in [6.45, 7) is 7.95. The standard InChI is InChI=1S/C21H30N4OS/c1-23(15-18-6-3-2-4-7-18)19-8-5-9-24(16-19)17-20-14-22-21(27-20)25-10-12-26-13-11-25/h2-4,6-7,14,19H,5,8-13,15-17H2,1H3/t19-/m1/s1. The number of hydrogen-bond acceptors (Lipinski definition) is 6. The largest absolute Gasteiger partial charge is 0.378 e. The molecule has 0 N–H and O–H groups in total. The molecule has 0 saturated carbocycles. The lowest BCUT2D eigenvalue weighted by molar-refractivity contribution is 0.108. The summed E-state index contributed by atoms with van der Waals surface area (Å²) in [7, 11) is 2.27. The number of nitrogens with zero attached hydrogens (tertiary/aromatic N) is 4. The van der Waals surface area contributed by atoms with Crippen LogP contribution >= 0.6 is 11.3 Å². The molecule has 0 radical (unpaired) electrons. The van der Waals surface area contributed by atoms with Crippen LogP contribution in [-0.4, -0.2) is 67.3 Å². The zero-order valence-electron chi connectivity index (χ0n) is 16.2. The van der Waals surface area contributed by atoms with Crippen molar-refractivity contribution in [3.8, 4) is 0 Å². The van der Waals surface area contributed by atoms with Crippen LogP contribution in [0.1, 0.15) is 23.3 Å². The molecule has 0 unspecified atom stereocenters. The van der Waals surface area contributed by atoms with Gasteiger partial charge in [-0.1, -0.05) is 30.3 Å². The molecular weight excluding hydrogens is 356 g/mol. The Morgan fingerprint density at radius 2 is 2.00 bits per heavy atom. The van der Waals surface area contributed by atoms with Crippen LogP contribution in [0.15, 0.2) is 36.5 Å². The summed E-state index contributed by atoms with van der Waals surface area (Å²) in [6.07, 6.45) is 4.65. The number of piperidine rings is 1. The molecule has 2 aromatic rings. The van der Waals surface area contributed by atoms with Gasteiger partial charge in [0.2, 0.25) is 0 Å². The van der Waals surface area contributed by atoms with E-state index < -0.39 is 0 Å². The molecule has 2 aliphatic heterocycles. The summed E-state index contributed by atoms with van der Waals surface area (Å²) in [5.41, 5.74) is 1.40. The van der Waals surface area contributed by atoms with Gasteiger partial charge in [-0.25, -0.2) is 4.98 Å². The fraction of sp³-hybridized carbons (Fsp3) is 0.571. The van der Waals surface area contributed by atoms with Gasteiger partial charge in [-0.05, 0) is 32.0 Å². The first-order valence-electron chi connectivity index (χ1n) is 10.0. The Morgan fingerprint density at radius 3 is 2.81 bits per heavy atom. The Morgan fingerprint density at radius 1 is 1.19 bits per heavy atom. The number of likely N-dealkylation sites (N-methyl/N-ethyl adjacent to an activating group) is 1. The summed E-state index contributed by atoms with van der Waals surface area (Å²) >= 11 is 1.85. The van der Waals surface area contributed by atoms with Gasteiger partial charge in [-0.3, -0.25) is 9.80 Å². The third-order valence-electron chi connectivity index (χ3n) is 5.58. The van der Waals surface area contributed by atoms with E-state index in [0.29, 0.717) is 6.04 Å². The zero-order valence-corrected chi connectivity index (χ0v) is 17.0. The lowest BCUT2D eigenvalue weighted by Gasteiger charge is -2.37. The number of thiazole rings is 1. The molecule has 1 aromatic heterocycles. The third-order valence-corrected chi connectivity index (χ3v) is 6.62. The van der Waals surface area contributed by atoms with E-state index in [1.165, 1.54) is 29.8 Å². The van der Waals surface area contributed by atoms with Crippen LogP contribution in [-0.2, 0) is 17.8 Å². The molecule has 0 bridgehead atoms. The van der Waals surface area contributed by atoms with Gasteiger partial charge in [0.25, 0.3) is 0 Å². The van der Waals surface area contributed by atoms with Gasteiger partial charge >= 0.3 is 0 Å². The maximum Gasteiger partial charge on any atom is 0.185 e. The van der Waals surface area contributed by atoms with E-state index in [2.05, 4.69) is 63.3 Å². The van der Waals surface area contributed by atoms with Gasteiger partial charge in [-0.2, -0.15) is 0 Å². The highest BCUT2D eigenvalue weighted by Gasteiger charge is 2.24. The second-order valence-corrected chi connectivity index (χ2v) is 8.73. The van der Waals surface area contributed by atoms with E-state index in [1.54, 1.807) is 0 Å². The molecule has 146 valence electrons. The average molecular weight is 387 g/mol. The maximum absolute atomic E-state index is 5.45. The minimum absolute atomic E-state index is 0.630. The Balaban J connectivity index is 1.31. The molecule has 5 nitrogen and oxygen atoms in total. The van der Waals surface area contributed by atoms with Crippen LogP contribution in [0.3, 0.4) is 0 Å². The van der Waals surface area contributed by atoms with Gasteiger partial charge in [-0.15, -0.1) is 11.3 Å². The number of anilines is 1. The quantitative estimate of drug-likeness (QED) is 0.762. The van der Waals surface area contributed by atoms with Crippen molar-refractivity contribution in [2.24, 2.45) is 0 Å². The fourth-order valence-corrected chi connectivity index (χ4v) is 5.03. The highest BCUT2D eigenvalue weighted by Crippen LogP contribution is 2.26. The number of benzene rings is 1. The SMILES string of the molecule is CN(Cc1ccccc1)[C@@H]1CCCN(Cc2cnc(N3CCOCC3)s2)C1. The van der Waals surface area contributed by atoms with Gasteiger partial charge < -0.3 is 9.64 Å². The van der Waals surface area contributed by atoms with Crippen molar-refractivity contribution < 1.29 is 4.74 Å². The molecule has 1 aromatic carbocycles. The molecule has 2 aliphatic rings. The molecular formula is C21H30N4OS. The van der Waals surface area contributed by atoms with Gasteiger partial charge in [0.1, 0.15) is 0 Å². The first-order chi connectivity index (χ1) is 13.3. The van der Waals surface area contributed by atoms with E-state index in [1.807, 2.05) is 11.3 Å². The van der Waals surface area contributed by atoms with E-state index >= 15 is 0 Å². The first kappa shape index (κ1) is 18.9. The summed E-state index contributed by atoms with van der Waals surface area (Å²) in [6, 6.07) is 11.4. The third kappa shape index (κ3) is 5.08. The number of morpholine rings is 1. The van der Waals surface area contributed by atoms with Crippen molar-refractivity contribution in [1.29, 1.82) is 0 Å². The van der Waals surface area contributed by atoms with Crippen LogP contribution in [0.2, 0.25) is 0 Å². The minimum Gasteiger partial charge on any atom is -0.378 e. The normalized spacial score (nSPS) is 21.7. The highest BCUT2D eigenvalue weighted by molar-refractivity contribution is 7.15. The van der Waals surface area contributed by atoms with Crippen LogP contribution in [0.4, 0.5) is 5.13 Å². The molecule has 0 aliphatic carbocycles. The Bertz CT molecular complexity index is 701. The van der Waals surface area contributed by atoms with Gasteiger partial charge in [0, 0.05) is 49.8 Å². The Kier molecular flexibility index (Phi) is 6.39. The summed E-state index contributed by atoms with van der Waals surface area (Å²) in [5.74, 6) is 0. The van der Waals surface area contributed by atoms with Crippen LogP contribution in [0, 0.1) is 0 Å². The van der Waals surface area contributed by atoms with Crippen molar-refractivity contribution in [3.05, 3.63) is 47.0 Å². The van der Waals surface area contributed by atoms with Crippen LogP contribution in [0.25, 0.3) is 0 Å². The molecule has 3 heterocycles. The lowest BCUT2D eigenvalue weighted by atomic mass is 10.0. The van der Waals surface area contributed by atoms with E-state index in [4.69, 9.17) is 4.74 Å². The van der Waals surface area contributed by atoms with Crippen molar-refractivity contribution in [2.45, 2.75) is 32.0 Å². The van der Waals surface area contributed by atoms with Crippen LogP contribution in [0.5, 0.6) is 0 Å². The van der Waals surface area contributed by atoms with Gasteiger partial charge in [0.05, 0.1) is 13.2 Å². The number of aromatic nitrogens is 1.